The second kappa shape index (κ2) is 5.87. The maximum absolute atomic E-state index is 5.52. The van der Waals surface area contributed by atoms with Crippen LogP contribution in [0.15, 0.2) is 48.5 Å². The van der Waals surface area contributed by atoms with Crippen LogP contribution in [0.3, 0.4) is 0 Å². The molecule has 2 rings (SSSR count). The summed E-state index contributed by atoms with van der Waals surface area (Å²) in [6.45, 7) is 2.81. The monoisotopic (exact) mass is 290 g/mol. The zero-order chi connectivity index (χ0) is 12.1. The number of benzene rings is 2. The average molecular weight is 291 g/mol. The van der Waals surface area contributed by atoms with Crippen molar-refractivity contribution in [2.45, 2.75) is 6.92 Å². The van der Waals surface area contributed by atoms with Crippen LogP contribution < -0.4 is 4.74 Å². The Bertz CT molecular complexity index is 477. The molecule has 0 unspecified atom stereocenters. The highest BCUT2D eigenvalue weighted by atomic mass is 79.9. The molecule has 0 saturated carbocycles. The van der Waals surface area contributed by atoms with Crippen LogP contribution in [0.5, 0.6) is 5.75 Å². The van der Waals surface area contributed by atoms with E-state index in [4.69, 9.17) is 4.74 Å². The van der Waals surface area contributed by atoms with E-state index in [9.17, 15) is 0 Å². The van der Waals surface area contributed by atoms with Crippen molar-refractivity contribution in [1.29, 1.82) is 0 Å². The summed E-state index contributed by atoms with van der Waals surface area (Å²) in [7, 11) is 0. The molecular formula is C15H15BrO. The molecule has 88 valence electrons. The Labute approximate surface area is 111 Å². The van der Waals surface area contributed by atoms with Crippen LogP contribution >= 0.6 is 15.9 Å². The molecule has 0 aliphatic carbocycles. The summed E-state index contributed by atoms with van der Waals surface area (Å²) < 4.78 is 5.52. The van der Waals surface area contributed by atoms with Gasteiger partial charge in [-0.1, -0.05) is 57.9 Å². The fourth-order valence-corrected chi connectivity index (χ4v) is 1.89. The average Bonchev–Trinajstić information content (AvgIpc) is 2.37. The first-order valence-electron chi connectivity index (χ1n) is 5.65. The number of alkyl halides is 1. The van der Waals surface area contributed by atoms with Crippen molar-refractivity contribution in [1.82, 2.24) is 0 Å². The SMILES string of the molecule is Cc1cccc(-c2ccc(OCCBr)cc2)c1. The second-order valence-electron chi connectivity index (χ2n) is 3.93. The Morgan fingerprint density at radius 2 is 1.76 bits per heavy atom. The van der Waals surface area contributed by atoms with E-state index in [1.54, 1.807) is 0 Å². The smallest absolute Gasteiger partial charge is 0.119 e. The molecule has 0 bridgehead atoms. The van der Waals surface area contributed by atoms with Gasteiger partial charge in [-0.2, -0.15) is 0 Å². The van der Waals surface area contributed by atoms with Gasteiger partial charge >= 0.3 is 0 Å². The van der Waals surface area contributed by atoms with Crippen molar-refractivity contribution in [2.75, 3.05) is 11.9 Å². The Morgan fingerprint density at radius 1 is 1.00 bits per heavy atom. The summed E-state index contributed by atoms with van der Waals surface area (Å²) in [5, 5.41) is 0.854. The van der Waals surface area contributed by atoms with Crippen molar-refractivity contribution < 1.29 is 4.74 Å². The molecule has 0 radical (unpaired) electrons. The van der Waals surface area contributed by atoms with E-state index < -0.39 is 0 Å². The number of hydrogen-bond donors (Lipinski definition) is 0. The van der Waals surface area contributed by atoms with Gasteiger partial charge in [-0.05, 0) is 30.2 Å². The number of ether oxygens (including phenoxy) is 1. The summed E-state index contributed by atoms with van der Waals surface area (Å²) in [6, 6.07) is 16.7. The molecule has 0 N–H and O–H groups in total. The van der Waals surface area contributed by atoms with Crippen molar-refractivity contribution in [3.05, 3.63) is 54.1 Å². The van der Waals surface area contributed by atoms with E-state index in [2.05, 4.69) is 59.3 Å². The first-order chi connectivity index (χ1) is 8.29. The molecule has 0 heterocycles. The molecule has 0 spiro atoms. The zero-order valence-corrected chi connectivity index (χ0v) is 11.4. The third-order valence-corrected chi connectivity index (χ3v) is 2.88. The Kier molecular flexibility index (Phi) is 4.21. The molecular weight excluding hydrogens is 276 g/mol. The van der Waals surface area contributed by atoms with Gasteiger partial charge in [0, 0.05) is 5.33 Å². The van der Waals surface area contributed by atoms with Gasteiger partial charge in [0.1, 0.15) is 5.75 Å². The molecule has 0 saturated heterocycles. The number of halogens is 1. The molecule has 2 aromatic carbocycles. The van der Waals surface area contributed by atoms with E-state index in [1.807, 2.05) is 12.1 Å². The lowest BCUT2D eigenvalue weighted by Crippen LogP contribution is -1.97. The lowest BCUT2D eigenvalue weighted by Gasteiger charge is -2.06. The molecule has 0 atom stereocenters. The van der Waals surface area contributed by atoms with Crippen molar-refractivity contribution in [3.8, 4) is 16.9 Å². The maximum atomic E-state index is 5.52. The summed E-state index contributed by atoms with van der Waals surface area (Å²) in [5.41, 5.74) is 3.75. The van der Waals surface area contributed by atoms with Crippen molar-refractivity contribution >= 4 is 15.9 Å². The van der Waals surface area contributed by atoms with E-state index >= 15 is 0 Å². The van der Waals surface area contributed by atoms with E-state index in [0.717, 1.165) is 11.1 Å². The normalized spacial score (nSPS) is 10.2. The Balaban J connectivity index is 2.17. The highest BCUT2D eigenvalue weighted by Gasteiger charge is 1.98. The van der Waals surface area contributed by atoms with E-state index in [0.29, 0.717) is 6.61 Å². The van der Waals surface area contributed by atoms with Crippen LogP contribution in [0.2, 0.25) is 0 Å². The van der Waals surface area contributed by atoms with E-state index in [1.165, 1.54) is 16.7 Å². The summed E-state index contributed by atoms with van der Waals surface area (Å²) in [4.78, 5) is 0. The van der Waals surface area contributed by atoms with Gasteiger partial charge in [-0.15, -0.1) is 0 Å². The van der Waals surface area contributed by atoms with Crippen molar-refractivity contribution in [2.24, 2.45) is 0 Å². The van der Waals surface area contributed by atoms with Gasteiger partial charge < -0.3 is 4.74 Å². The number of hydrogen-bond acceptors (Lipinski definition) is 1. The number of aryl methyl sites for hydroxylation is 1. The maximum Gasteiger partial charge on any atom is 0.119 e. The topological polar surface area (TPSA) is 9.23 Å². The summed E-state index contributed by atoms with van der Waals surface area (Å²) in [6.07, 6.45) is 0. The van der Waals surface area contributed by atoms with E-state index in [-0.39, 0.29) is 0 Å². The quantitative estimate of drug-likeness (QED) is 0.757. The van der Waals surface area contributed by atoms with Crippen LogP contribution in [0, 0.1) is 6.92 Å². The fraction of sp³-hybridized carbons (Fsp3) is 0.200. The van der Waals surface area contributed by atoms with Gasteiger partial charge in [0.25, 0.3) is 0 Å². The Morgan fingerprint density at radius 3 is 2.41 bits per heavy atom. The van der Waals surface area contributed by atoms with Gasteiger partial charge in [-0.25, -0.2) is 0 Å². The van der Waals surface area contributed by atoms with Gasteiger partial charge in [0.15, 0.2) is 0 Å². The highest BCUT2D eigenvalue weighted by Crippen LogP contribution is 2.23. The van der Waals surface area contributed by atoms with Crippen molar-refractivity contribution in [3.63, 3.8) is 0 Å². The minimum absolute atomic E-state index is 0.698. The lowest BCUT2D eigenvalue weighted by molar-refractivity contribution is 0.345. The fourth-order valence-electron chi connectivity index (χ4n) is 1.72. The first kappa shape index (κ1) is 12.2. The summed E-state index contributed by atoms with van der Waals surface area (Å²) in [5.74, 6) is 0.917. The molecule has 0 amide bonds. The third-order valence-electron chi connectivity index (χ3n) is 2.55. The van der Waals surface area contributed by atoms with Crippen LogP contribution in [0.25, 0.3) is 11.1 Å². The van der Waals surface area contributed by atoms with Crippen LogP contribution in [0.4, 0.5) is 0 Å². The minimum atomic E-state index is 0.698. The third kappa shape index (κ3) is 3.34. The largest absolute Gasteiger partial charge is 0.493 e. The van der Waals surface area contributed by atoms with Crippen LogP contribution in [-0.4, -0.2) is 11.9 Å². The van der Waals surface area contributed by atoms with Gasteiger partial charge in [0.2, 0.25) is 0 Å². The Hall–Kier alpha value is -1.28. The molecule has 0 fully saturated rings. The minimum Gasteiger partial charge on any atom is -0.493 e. The summed E-state index contributed by atoms with van der Waals surface area (Å²) >= 11 is 3.34. The second-order valence-corrected chi connectivity index (χ2v) is 4.72. The predicted octanol–water partition coefficient (Wildman–Crippen LogP) is 4.44. The lowest BCUT2D eigenvalue weighted by atomic mass is 10.0. The molecule has 0 aliphatic rings. The highest BCUT2D eigenvalue weighted by molar-refractivity contribution is 9.09. The van der Waals surface area contributed by atoms with Crippen LogP contribution in [0.1, 0.15) is 5.56 Å². The van der Waals surface area contributed by atoms with Gasteiger partial charge in [-0.3, -0.25) is 0 Å². The molecule has 17 heavy (non-hydrogen) atoms. The predicted molar refractivity (Wildman–Crippen MR) is 75.9 cm³/mol. The molecule has 2 heteroatoms. The first-order valence-corrected chi connectivity index (χ1v) is 6.77. The zero-order valence-electron chi connectivity index (χ0n) is 9.82. The molecule has 1 nitrogen and oxygen atoms in total. The molecule has 2 aromatic rings. The van der Waals surface area contributed by atoms with Crippen LogP contribution in [-0.2, 0) is 0 Å². The van der Waals surface area contributed by atoms with Gasteiger partial charge in [0.05, 0.1) is 6.61 Å². The number of rotatable bonds is 4. The molecule has 0 aliphatic heterocycles. The molecule has 0 aromatic heterocycles. The standard InChI is InChI=1S/C15H15BrO/c1-12-3-2-4-14(11-12)13-5-7-15(8-6-13)17-10-9-16/h2-8,11H,9-10H2,1H3.